The number of rotatable bonds is 6. The van der Waals surface area contributed by atoms with Gasteiger partial charge in [-0.2, -0.15) is 0 Å². The van der Waals surface area contributed by atoms with Crippen LogP contribution >= 0.6 is 11.3 Å². The molecule has 3 aromatic heterocycles. The van der Waals surface area contributed by atoms with E-state index < -0.39 is 0 Å². The molecule has 0 atom stereocenters. The van der Waals surface area contributed by atoms with E-state index in [1.807, 2.05) is 29.5 Å². The number of hydrogen-bond donors (Lipinski definition) is 0. The second-order valence-corrected chi connectivity index (χ2v) is 16.1. The fourth-order valence-electron chi connectivity index (χ4n) is 9.16. The Kier molecular flexibility index (Phi) is 7.59. The van der Waals surface area contributed by atoms with Crippen LogP contribution in [-0.4, -0.2) is 9.13 Å². The molecule has 278 valence electrons. The zero-order valence-corrected chi connectivity index (χ0v) is 32.6. The third-order valence-electron chi connectivity index (χ3n) is 11.8. The molecular formula is C54H34FN3S. The van der Waals surface area contributed by atoms with Gasteiger partial charge in [-0.25, -0.2) is 4.39 Å². The molecule has 0 unspecified atom stereocenters. The normalized spacial score (nSPS) is 11.8. The third-order valence-corrected chi connectivity index (χ3v) is 13.0. The second-order valence-electron chi connectivity index (χ2n) is 15.1. The first-order valence-electron chi connectivity index (χ1n) is 19.9. The molecular weight excluding hydrogens is 742 g/mol. The van der Waals surface area contributed by atoms with Crippen LogP contribution < -0.4 is 4.90 Å². The largest absolute Gasteiger partial charge is 0.310 e. The standard InChI is InChI=1S/C54H34FN3S/c55-36-26-30-45-43-16-4-7-21-49(43)58(52(45)32-36)40-15-10-14-39(33-40)56(38-27-24-35(25-28-38)42-19-11-20-47-46-18-6-9-23-53(46)59-54(42)47)41-29-31-51-48(34-41)44-17-5-8-22-50(44)57(51)37-12-2-1-3-13-37/h1-34H. The molecule has 0 radical (unpaired) electrons. The number of aromatic nitrogens is 2. The lowest BCUT2D eigenvalue weighted by molar-refractivity contribution is 0.629. The van der Waals surface area contributed by atoms with Crippen LogP contribution in [0.2, 0.25) is 0 Å². The lowest BCUT2D eigenvalue weighted by Gasteiger charge is -2.27. The van der Waals surface area contributed by atoms with Crippen LogP contribution in [0.4, 0.5) is 21.5 Å². The van der Waals surface area contributed by atoms with Crippen molar-refractivity contribution in [1.29, 1.82) is 0 Å². The van der Waals surface area contributed by atoms with E-state index in [0.717, 1.165) is 61.3 Å². The van der Waals surface area contributed by atoms with Crippen molar-refractivity contribution in [2.24, 2.45) is 0 Å². The van der Waals surface area contributed by atoms with Gasteiger partial charge in [-0.15, -0.1) is 11.3 Å². The van der Waals surface area contributed by atoms with Crippen molar-refractivity contribution in [2.45, 2.75) is 0 Å². The SMILES string of the molecule is Fc1ccc2c3ccccc3n(-c3cccc(N(c4ccc(-c5cccc6c5sc5ccccc56)cc4)c4ccc5c(c4)c4ccccc4n5-c4ccccc4)c3)c2c1. The van der Waals surface area contributed by atoms with Gasteiger partial charge in [0.25, 0.3) is 0 Å². The van der Waals surface area contributed by atoms with E-state index in [-0.39, 0.29) is 5.82 Å². The van der Waals surface area contributed by atoms with Crippen LogP contribution in [0, 0.1) is 5.82 Å². The molecule has 0 aliphatic heterocycles. The zero-order chi connectivity index (χ0) is 39.0. The van der Waals surface area contributed by atoms with Crippen LogP contribution in [0.5, 0.6) is 0 Å². The molecule has 3 heterocycles. The molecule has 0 amide bonds. The van der Waals surface area contributed by atoms with Crippen molar-refractivity contribution in [1.82, 2.24) is 9.13 Å². The molecule has 3 nitrogen and oxygen atoms in total. The summed E-state index contributed by atoms with van der Waals surface area (Å²) in [6.45, 7) is 0. The summed E-state index contributed by atoms with van der Waals surface area (Å²) < 4.78 is 22.1. The van der Waals surface area contributed by atoms with Crippen LogP contribution in [0.3, 0.4) is 0 Å². The summed E-state index contributed by atoms with van der Waals surface area (Å²) >= 11 is 1.85. The highest BCUT2D eigenvalue weighted by atomic mass is 32.1. The number of thiophene rings is 1. The van der Waals surface area contributed by atoms with Crippen molar-refractivity contribution < 1.29 is 4.39 Å². The highest BCUT2D eigenvalue weighted by Crippen LogP contribution is 2.44. The maximum absolute atomic E-state index is 14.9. The predicted molar refractivity (Wildman–Crippen MR) is 248 cm³/mol. The van der Waals surface area contributed by atoms with E-state index in [1.165, 1.54) is 42.1 Å². The molecule has 0 saturated carbocycles. The average Bonchev–Trinajstić information content (AvgIpc) is 3.94. The van der Waals surface area contributed by atoms with Crippen LogP contribution in [0.1, 0.15) is 0 Å². The Labute approximate surface area is 343 Å². The lowest BCUT2D eigenvalue weighted by atomic mass is 10.0. The first-order chi connectivity index (χ1) is 29.2. The fourth-order valence-corrected chi connectivity index (χ4v) is 10.4. The van der Waals surface area contributed by atoms with Crippen molar-refractivity contribution in [3.8, 4) is 22.5 Å². The Morgan fingerprint density at radius 2 is 0.966 bits per heavy atom. The van der Waals surface area contributed by atoms with Crippen molar-refractivity contribution in [2.75, 3.05) is 4.90 Å². The predicted octanol–water partition coefficient (Wildman–Crippen LogP) is 15.5. The van der Waals surface area contributed by atoms with Gasteiger partial charge in [-0.1, -0.05) is 109 Å². The number of hydrogen-bond acceptors (Lipinski definition) is 2. The molecule has 12 rings (SSSR count). The Morgan fingerprint density at radius 3 is 1.78 bits per heavy atom. The quantitative estimate of drug-likeness (QED) is 0.164. The van der Waals surface area contributed by atoms with Crippen molar-refractivity contribution >= 4 is 92.2 Å². The highest BCUT2D eigenvalue weighted by molar-refractivity contribution is 7.26. The Bertz CT molecular complexity index is 3580. The zero-order valence-electron chi connectivity index (χ0n) is 31.8. The Balaban J connectivity index is 1.06. The highest BCUT2D eigenvalue weighted by Gasteiger charge is 2.20. The first-order valence-corrected chi connectivity index (χ1v) is 20.7. The lowest BCUT2D eigenvalue weighted by Crippen LogP contribution is -2.10. The minimum atomic E-state index is -0.256. The molecule has 12 aromatic rings. The number of anilines is 3. The van der Waals surface area contributed by atoms with Crippen LogP contribution in [0.25, 0.3) is 86.3 Å². The topological polar surface area (TPSA) is 13.1 Å². The summed E-state index contributed by atoms with van der Waals surface area (Å²) in [6, 6.07) is 72.3. The summed E-state index contributed by atoms with van der Waals surface area (Å²) in [5.74, 6) is -0.256. The number of fused-ring (bicyclic) bond motifs is 9. The van der Waals surface area contributed by atoms with Gasteiger partial charge in [0.2, 0.25) is 0 Å². The van der Waals surface area contributed by atoms with E-state index in [4.69, 9.17) is 0 Å². The molecule has 0 spiro atoms. The summed E-state index contributed by atoms with van der Waals surface area (Å²) in [6.07, 6.45) is 0. The average molecular weight is 776 g/mol. The van der Waals surface area contributed by atoms with Gasteiger partial charge < -0.3 is 14.0 Å². The number of benzene rings is 9. The maximum Gasteiger partial charge on any atom is 0.125 e. The van der Waals surface area contributed by atoms with E-state index in [9.17, 15) is 4.39 Å². The van der Waals surface area contributed by atoms with Gasteiger partial charge in [0, 0.05) is 70.2 Å². The van der Waals surface area contributed by atoms with Gasteiger partial charge in [0.15, 0.2) is 0 Å². The van der Waals surface area contributed by atoms with Gasteiger partial charge in [-0.05, 0) is 108 Å². The maximum atomic E-state index is 14.9. The molecule has 0 aliphatic carbocycles. The minimum Gasteiger partial charge on any atom is -0.310 e. The Morgan fingerprint density at radius 1 is 0.373 bits per heavy atom. The minimum absolute atomic E-state index is 0.256. The summed E-state index contributed by atoms with van der Waals surface area (Å²) in [4.78, 5) is 2.34. The second kappa shape index (κ2) is 13.3. The van der Waals surface area contributed by atoms with Crippen molar-refractivity contribution in [3.63, 3.8) is 0 Å². The molecule has 0 N–H and O–H groups in total. The molecule has 0 fully saturated rings. The van der Waals surface area contributed by atoms with E-state index >= 15 is 0 Å². The number of halogens is 1. The van der Waals surface area contributed by atoms with E-state index in [1.54, 1.807) is 12.1 Å². The number of para-hydroxylation sites is 3. The molecule has 0 bridgehead atoms. The first kappa shape index (κ1) is 33.6. The summed E-state index contributed by atoms with van der Waals surface area (Å²) in [7, 11) is 0. The van der Waals surface area contributed by atoms with Gasteiger partial charge in [0.1, 0.15) is 5.82 Å². The summed E-state index contributed by atoms with van der Waals surface area (Å²) in [5, 5.41) is 7.07. The van der Waals surface area contributed by atoms with Gasteiger partial charge >= 0.3 is 0 Å². The molecule has 5 heteroatoms. The van der Waals surface area contributed by atoms with Gasteiger partial charge in [0.05, 0.1) is 22.1 Å². The molecule has 0 saturated heterocycles. The molecule has 9 aromatic carbocycles. The van der Waals surface area contributed by atoms with Crippen molar-refractivity contribution in [3.05, 3.63) is 212 Å². The monoisotopic (exact) mass is 775 g/mol. The third kappa shape index (κ3) is 5.32. The fraction of sp³-hybridized carbons (Fsp3) is 0. The molecule has 0 aliphatic rings. The van der Waals surface area contributed by atoms with Crippen LogP contribution in [0.15, 0.2) is 206 Å². The van der Waals surface area contributed by atoms with E-state index in [0.29, 0.717) is 0 Å². The summed E-state index contributed by atoms with van der Waals surface area (Å²) in [5.41, 5.74) is 11.7. The van der Waals surface area contributed by atoms with E-state index in [2.05, 4.69) is 190 Å². The smallest absolute Gasteiger partial charge is 0.125 e. The Hall–Kier alpha value is -7.47. The van der Waals surface area contributed by atoms with Gasteiger partial charge in [-0.3, -0.25) is 0 Å². The molecule has 59 heavy (non-hydrogen) atoms. The number of nitrogens with zero attached hydrogens (tertiary/aromatic N) is 3. The van der Waals surface area contributed by atoms with Crippen LogP contribution in [-0.2, 0) is 0 Å².